The number of phenolic OH excluding ortho intramolecular Hbond substituents is 1. The van der Waals surface area contributed by atoms with E-state index in [2.05, 4.69) is 51.1 Å². The number of hydrogen-bond acceptors (Lipinski definition) is 20. The van der Waals surface area contributed by atoms with E-state index < -0.39 is 49.2 Å². The van der Waals surface area contributed by atoms with Crippen molar-refractivity contribution in [3.05, 3.63) is 72.0 Å². The van der Waals surface area contributed by atoms with Gasteiger partial charge in [0.05, 0.1) is 5.76 Å². The van der Waals surface area contributed by atoms with Gasteiger partial charge in [0.1, 0.15) is 11.8 Å². The van der Waals surface area contributed by atoms with Crippen LogP contribution < -0.4 is 43.4 Å². The number of rotatable bonds is 31. The number of amides is 6. The summed E-state index contributed by atoms with van der Waals surface area (Å²) in [6.07, 6.45) is 3.26. The van der Waals surface area contributed by atoms with E-state index in [0.29, 0.717) is 51.0 Å². The van der Waals surface area contributed by atoms with E-state index in [-0.39, 0.29) is 117 Å². The van der Waals surface area contributed by atoms with Gasteiger partial charge in [-0.05, 0) is 113 Å². The zero-order chi connectivity index (χ0) is 65.6. The highest BCUT2D eigenvalue weighted by molar-refractivity contribution is 7.80. The summed E-state index contributed by atoms with van der Waals surface area (Å²) in [5.74, 6) is -5.16. The highest BCUT2D eigenvalue weighted by atomic mass is 32.1. The van der Waals surface area contributed by atoms with E-state index in [1.807, 2.05) is 24.3 Å². The predicted molar refractivity (Wildman–Crippen MR) is 300 cm³/mol. The number of nitrogens with one attached hydrogen (secondary N) is 6. The molecule has 3 unspecified atom stereocenters. The molecule has 18 N–H and O–H groups in total. The van der Waals surface area contributed by atoms with Crippen molar-refractivity contribution >= 4 is 92.1 Å². The lowest BCUT2D eigenvalue weighted by Crippen LogP contribution is -2.41. The fraction of sp³-hybridized carbons (Fsp3) is 0.510. The Morgan fingerprint density at radius 2 is 0.893 bits per heavy atom. The lowest BCUT2D eigenvalue weighted by molar-refractivity contribution is -0.193. The fourth-order valence-electron chi connectivity index (χ4n) is 5.89. The maximum Gasteiger partial charge on any atom is 0.373 e. The molecule has 0 aliphatic rings. The van der Waals surface area contributed by atoms with Gasteiger partial charge in [0, 0.05) is 87.4 Å². The zero-order valence-corrected chi connectivity index (χ0v) is 48.5. The first-order valence-corrected chi connectivity index (χ1v) is 27.8. The van der Waals surface area contributed by atoms with Gasteiger partial charge in [0.2, 0.25) is 7.37 Å². The van der Waals surface area contributed by atoms with E-state index in [0.717, 1.165) is 29.7 Å². The molecule has 0 bridgehead atoms. The van der Waals surface area contributed by atoms with Crippen LogP contribution in [0.15, 0.2) is 60.9 Å². The van der Waals surface area contributed by atoms with Gasteiger partial charge in [-0.2, -0.15) is 41.4 Å². The lowest BCUT2D eigenvalue weighted by Gasteiger charge is -2.19. The predicted octanol–water partition coefficient (Wildman–Crippen LogP) is 2.57. The Morgan fingerprint density at radius 1 is 0.571 bits per heavy atom. The number of aliphatic carboxylic acids is 5. The number of urea groups is 3. The summed E-state index contributed by atoms with van der Waals surface area (Å²) in [6.45, 7) is 10.2. The van der Waals surface area contributed by atoms with Crippen LogP contribution in [0.1, 0.15) is 96.1 Å². The highest BCUT2D eigenvalue weighted by Crippen LogP contribution is 2.45. The average molecular weight is 1240 g/mol. The topological polar surface area (TPSA) is 542 Å². The third-order valence-corrected chi connectivity index (χ3v) is 12.5. The Morgan fingerprint density at radius 3 is 1.20 bits per heavy atom. The zero-order valence-electron chi connectivity index (χ0n) is 46.7. The third-order valence-electron chi connectivity index (χ3n) is 10.2. The molecule has 0 aliphatic carbocycles. The van der Waals surface area contributed by atoms with Gasteiger partial charge in [-0.15, -0.1) is 0 Å². The molecule has 0 aromatic heterocycles. The van der Waals surface area contributed by atoms with Gasteiger partial charge in [-0.25, -0.2) is 14.4 Å². The molecule has 6 amide bonds. The van der Waals surface area contributed by atoms with Gasteiger partial charge in [0.25, 0.3) is 0 Å². The molecule has 84 heavy (non-hydrogen) atoms. The summed E-state index contributed by atoms with van der Waals surface area (Å²) >= 11 is 4.01. The number of benzene rings is 2. The molecular weight excluding hydrogens is 1160 g/mol. The third kappa shape index (κ3) is 61.0. The van der Waals surface area contributed by atoms with Crippen molar-refractivity contribution in [1.82, 2.24) is 31.9 Å². The number of hydrogen-bond donors (Lipinski definition) is 17. The molecule has 6 atom stereocenters. The van der Waals surface area contributed by atoms with E-state index >= 15 is 0 Å². The van der Waals surface area contributed by atoms with E-state index in [1.54, 1.807) is 45.0 Å². The van der Waals surface area contributed by atoms with Gasteiger partial charge < -0.3 is 84.0 Å². The molecule has 0 aliphatic heterocycles. The van der Waals surface area contributed by atoms with Crippen LogP contribution in [0.25, 0.3) is 0 Å². The molecule has 31 nitrogen and oxygen atoms in total. The Labute approximate surface area is 489 Å². The maximum absolute atomic E-state index is 11.9. The molecule has 0 spiro atoms. The van der Waals surface area contributed by atoms with Crippen LogP contribution in [0, 0.1) is 5.92 Å². The number of nitrogens with two attached hydrogens (primary N) is 2. The molecule has 472 valence electrons. The van der Waals surface area contributed by atoms with Crippen LogP contribution in [0.3, 0.4) is 0 Å². The van der Waals surface area contributed by atoms with Gasteiger partial charge in [-0.3, -0.25) is 28.5 Å². The molecule has 0 radical (unpaired) electrons. The van der Waals surface area contributed by atoms with Crippen LogP contribution in [0.2, 0.25) is 0 Å². The lowest BCUT2D eigenvalue weighted by atomic mass is 10.0. The fourth-order valence-corrected chi connectivity index (χ4v) is 7.99. The van der Waals surface area contributed by atoms with Crippen molar-refractivity contribution < 1.29 is 112 Å². The van der Waals surface area contributed by atoms with Crippen LogP contribution >= 0.6 is 20.0 Å². The van der Waals surface area contributed by atoms with Crippen molar-refractivity contribution in [3.63, 3.8) is 0 Å². The number of carboxylic acids is 5. The van der Waals surface area contributed by atoms with Crippen LogP contribution in [-0.2, 0) is 70.1 Å². The SMILES string of the molecule is C=C(O)C(CCC(=O)O)CP(=O)(O)CCC(N)C(=O)O.C[C@H](CCC(=O)O)NC(=O)NCCCS.C[C@H](CCC(=O)O)NC(=O)NCCc1ccc(N)cc1.C[C@H](CCC(=O)O)NC(=O)NCCc1ccc(O)cc1.O=C=O.O=C=O.O=C=O. The van der Waals surface area contributed by atoms with Crippen molar-refractivity contribution in [2.45, 2.75) is 122 Å². The summed E-state index contributed by atoms with van der Waals surface area (Å²) in [7, 11) is -3.71. The number of aliphatic hydroxyl groups is 1. The molecule has 33 heteroatoms. The van der Waals surface area contributed by atoms with Gasteiger partial charge in [-0.1, -0.05) is 30.8 Å². The largest absolute Gasteiger partial charge is 0.513 e. The first-order chi connectivity index (χ1) is 39.3. The first-order valence-electron chi connectivity index (χ1n) is 25.2. The Hall–Kier alpha value is -8.62. The Balaban J connectivity index is -0.000000316. The quantitative estimate of drug-likeness (QED) is 0.0170. The molecule has 0 saturated heterocycles. The van der Waals surface area contributed by atoms with Crippen LogP contribution in [0.5, 0.6) is 5.75 Å². The standard InChI is InChI=1S/C14H21N3O3.C14H20N2O4.C11H20NO7P.C9H18N2O3S.3CO2/c1-10(2-7-13(18)19)17-14(20)16-9-8-11-3-5-12(15)6-4-11;1-10(2-7-13(18)19)16-14(20)15-9-8-11-3-5-12(17)6-4-11;1-7(13)8(2-3-10(14)15)6-20(18,19)5-4-9(12)11(16)17;1-7(3-4-8(12)13)11-9(14)10-5-2-6-15;3*2-1-3/h3-6,10H,2,7-9,15H2,1H3,(H,18,19)(H2,16,17,20);3-6,10,17H,2,7-9H2,1H3,(H,18,19)(H2,15,16,20);8-9,13H,1-6,12H2,(H,14,15)(H,16,17)(H,18,19);7,15H,2-6H2,1H3,(H,12,13)(H2,10,11,14);;;/t2*10-;;7-;;;/m11.1.../s1. The summed E-state index contributed by atoms with van der Waals surface area (Å²) in [4.78, 5) is 145. The molecule has 2 aromatic carbocycles. The molecule has 0 heterocycles. The Kier molecular flexibility index (Phi) is 53.8. The number of carboxylic acid groups (broad SMARTS) is 5. The van der Waals surface area contributed by atoms with Crippen molar-refractivity contribution in [2.75, 3.05) is 43.4 Å². The second-order valence-corrected chi connectivity index (χ2v) is 20.5. The molecular formula is C51H79N8O23PS. The summed E-state index contributed by atoms with van der Waals surface area (Å²) < 4.78 is 11.9. The van der Waals surface area contributed by atoms with Crippen molar-refractivity contribution in [1.29, 1.82) is 0 Å². The highest BCUT2D eigenvalue weighted by Gasteiger charge is 2.28. The number of nitrogen functional groups attached to an aromatic ring is 1. The normalized spacial score (nSPS) is 12.0. The summed E-state index contributed by atoms with van der Waals surface area (Å²) in [5, 5.41) is 77.2. The minimum Gasteiger partial charge on any atom is -0.513 e. The maximum atomic E-state index is 11.9. The summed E-state index contributed by atoms with van der Waals surface area (Å²) in [6, 6.07) is 11.7. The van der Waals surface area contributed by atoms with E-state index in [4.69, 9.17) is 70.9 Å². The smallest absolute Gasteiger partial charge is 0.373 e. The number of carbonyl (C=O) groups is 8. The second kappa shape index (κ2) is 53.7. The number of aromatic hydroxyl groups is 1. The number of anilines is 1. The first kappa shape index (κ1) is 84.2. The molecule has 2 aromatic rings. The van der Waals surface area contributed by atoms with Crippen LogP contribution in [-0.4, -0.2) is 169 Å². The second-order valence-electron chi connectivity index (χ2n) is 17.5. The summed E-state index contributed by atoms with van der Waals surface area (Å²) in [5.41, 5.74) is 13.6. The molecule has 0 saturated carbocycles. The van der Waals surface area contributed by atoms with Gasteiger partial charge in [0.15, 0.2) is 0 Å². The number of phenols is 1. The molecule has 2 rings (SSSR count). The van der Waals surface area contributed by atoms with E-state index in [9.17, 15) is 52.9 Å². The average Bonchev–Trinajstić information content (AvgIpc) is 3.47. The number of carbonyl (C=O) groups excluding carboxylic acids is 9. The number of aliphatic hydroxyl groups excluding tert-OH is 1. The van der Waals surface area contributed by atoms with Crippen LogP contribution in [0.4, 0.5) is 20.1 Å². The molecule has 0 fully saturated rings. The minimum atomic E-state index is -3.71. The monoisotopic (exact) mass is 1230 g/mol. The van der Waals surface area contributed by atoms with E-state index in [1.165, 1.54) is 0 Å². The minimum absolute atomic E-state index is 0.0137. The Bertz CT molecular complexity index is 2290. The number of thiol groups is 1. The number of allylic oxidation sites excluding steroid dienone is 1. The van der Waals surface area contributed by atoms with Crippen molar-refractivity contribution in [2.24, 2.45) is 11.7 Å². The van der Waals surface area contributed by atoms with Crippen molar-refractivity contribution in [3.8, 4) is 5.75 Å². The van der Waals surface area contributed by atoms with Gasteiger partial charge >= 0.3 is 66.4 Å².